The average molecular weight is 409 g/mol. The van der Waals surface area contributed by atoms with Crippen LogP contribution in [0.3, 0.4) is 0 Å². The van der Waals surface area contributed by atoms with Gasteiger partial charge in [0.05, 0.1) is 13.2 Å². The number of ether oxygens (including phenoxy) is 1. The Labute approximate surface area is 176 Å². The van der Waals surface area contributed by atoms with Crippen LogP contribution in [-0.4, -0.2) is 54.9 Å². The highest BCUT2D eigenvalue weighted by Gasteiger charge is 2.24. The summed E-state index contributed by atoms with van der Waals surface area (Å²) in [5.41, 5.74) is 1.15. The molecule has 2 aromatic carbocycles. The van der Waals surface area contributed by atoms with Crippen LogP contribution in [0.2, 0.25) is 0 Å². The Hall–Kier alpha value is -3.35. The van der Waals surface area contributed by atoms with Crippen LogP contribution in [0.1, 0.15) is 40.5 Å². The van der Waals surface area contributed by atoms with Crippen LogP contribution < -0.4 is 15.4 Å². The van der Waals surface area contributed by atoms with Gasteiger partial charge in [-0.1, -0.05) is 18.2 Å². The Bertz CT molecular complexity index is 860. The highest BCUT2D eigenvalue weighted by molar-refractivity contribution is 5.96. The van der Waals surface area contributed by atoms with Gasteiger partial charge in [0.1, 0.15) is 5.75 Å². The second-order valence-electron chi connectivity index (χ2n) is 7.14. The Morgan fingerprint density at radius 1 is 0.967 bits per heavy atom. The van der Waals surface area contributed by atoms with Gasteiger partial charge in [0, 0.05) is 30.3 Å². The van der Waals surface area contributed by atoms with Crippen molar-refractivity contribution in [1.29, 1.82) is 0 Å². The lowest BCUT2D eigenvalue weighted by atomic mass is 10.0. The summed E-state index contributed by atoms with van der Waals surface area (Å²) in [5.74, 6) is 0.227. The second kappa shape index (κ2) is 10.4. The second-order valence-corrected chi connectivity index (χ2v) is 7.14. The lowest BCUT2D eigenvalue weighted by Crippen LogP contribution is -2.48. The summed E-state index contributed by atoms with van der Waals surface area (Å²) in [7, 11) is 0. The minimum Gasteiger partial charge on any atom is -0.494 e. The third-order valence-electron chi connectivity index (χ3n) is 5.01. The third kappa shape index (κ3) is 5.83. The SMILES string of the molecule is CCOc1ccc(C(=O)N2CCC(NC(=O)CNC(=O)c3ccccc3)CC2)cc1. The van der Waals surface area contributed by atoms with Crippen molar-refractivity contribution < 1.29 is 19.1 Å². The summed E-state index contributed by atoms with van der Waals surface area (Å²) in [6.07, 6.45) is 1.36. The predicted octanol–water partition coefficient (Wildman–Crippen LogP) is 2.24. The number of amides is 3. The molecular weight excluding hydrogens is 382 g/mol. The van der Waals surface area contributed by atoms with E-state index in [1.165, 1.54) is 0 Å². The maximum absolute atomic E-state index is 12.7. The summed E-state index contributed by atoms with van der Waals surface area (Å²) >= 11 is 0. The minimum absolute atomic E-state index is 0.00416. The molecule has 0 bridgehead atoms. The number of hydrogen-bond donors (Lipinski definition) is 2. The van der Waals surface area contributed by atoms with Crippen molar-refractivity contribution in [3.8, 4) is 5.75 Å². The van der Waals surface area contributed by atoms with Crippen LogP contribution in [0.15, 0.2) is 54.6 Å². The number of piperidine rings is 1. The molecular formula is C23H27N3O4. The number of benzene rings is 2. The first kappa shape index (κ1) is 21.4. The highest BCUT2D eigenvalue weighted by atomic mass is 16.5. The Morgan fingerprint density at radius 2 is 1.63 bits per heavy atom. The summed E-state index contributed by atoms with van der Waals surface area (Å²) in [5, 5.41) is 5.56. The molecule has 7 heteroatoms. The van der Waals surface area contributed by atoms with Gasteiger partial charge in [0.15, 0.2) is 0 Å². The van der Waals surface area contributed by atoms with Crippen LogP contribution in [0.4, 0.5) is 0 Å². The van der Waals surface area contributed by atoms with E-state index in [1.807, 2.05) is 13.0 Å². The normalized spacial score (nSPS) is 14.1. The number of nitrogens with one attached hydrogen (secondary N) is 2. The van der Waals surface area contributed by atoms with E-state index in [2.05, 4.69) is 10.6 Å². The standard InChI is InChI=1S/C23H27N3O4/c1-2-30-20-10-8-18(9-11-20)23(29)26-14-12-19(13-15-26)25-21(27)16-24-22(28)17-6-4-3-5-7-17/h3-11,19H,2,12-16H2,1H3,(H,24,28)(H,25,27). The summed E-state index contributed by atoms with van der Waals surface area (Å²) < 4.78 is 5.41. The van der Waals surface area contributed by atoms with Gasteiger partial charge in [0.2, 0.25) is 5.91 Å². The third-order valence-corrected chi connectivity index (χ3v) is 5.01. The van der Waals surface area contributed by atoms with Crippen LogP contribution in [-0.2, 0) is 4.79 Å². The van der Waals surface area contributed by atoms with Gasteiger partial charge in [-0.15, -0.1) is 0 Å². The van der Waals surface area contributed by atoms with Gasteiger partial charge < -0.3 is 20.3 Å². The zero-order valence-corrected chi connectivity index (χ0v) is 17.1. The van der Waals surface area contributed by atoms with Crippen LogP contribution in [0, 0.1) is 0 Å². The van der Waals surface area contributed by atoms with E-state index in [0.29, 0.717) is 43.7 Å². The van der Waals surface area contributed by atoms with Crippen molar-refractivity contribution in [3.63, 3.8) is 0 Å². The molecule has 1 saturated heterocycles. The summed E-state index contributed by atoms with van der Waals surface area (Å²) in [6, 6.07) is 15.9. The zero-order chi connectivity index (χ0) is 21.3. The molecule has 1 aliphatic heterocycles. The molecule has 1 fully saturated rings. The van der Waals surface area contributed by atoms with Crippen LogP contribution in [0.25, 0.3) is 0 Å². The molecule has 7 nitrogen and oxygen atoms in total. The first-order valence-electron chi connectivity index (χ1n) is 10.2. The van der Waals surface area contributed by atoms with E-state index in [0.717, 1.165) is 5.75 Å². The number of rotatable bonds is 7. The van der Waals surface area contributed by atoms with E-state index in [-0.39, 0.29) is 30.3 Å². The van der Waals surface area contributed by atoms with Gasteiger partial charge in [0.25, 0.3) is 11.8 Å². The van der Waals surface area contributed by atoms with Gasteiger partial charge in [-0.3, -0.25) is 14.4 Å². The van der Waals surface area contributed by atoms with Gasteiger partial charge in [-0.2, -0.15) is 0 Å². The van der Waals surface area contributed by atoms with Crippen LogP contribution in [0.5, 0.6) is 5.75 Å². The van der Waals surface area contributed by atoms with Crippen molar-refractivity contribution >= 4 is 17.7 Å². The first-order chi connectivity index (χ1) is 14.6. The molecule has 2 aromatic rings. The van der Waals surface area contributed by atoms with Gasteiger partial charge >= 0.3 is 0 Å². The number of likely N-dealkylation sites (tertiary alicyclic amines) is 1. The largest absolute Gasteiger partial charge is 0.494 e. The molecule has 3 rings (SSSR count). The number of nitrogens with zero attached hydrogens (tertiary/aromatic N) is 1. The molecule has 3 amide bonds. The molecule has 0 unspecified atom stereocenters. The van der Waals surface area contributed by atoms with E-state index >= 15 is 0 Å². The lowest BCUT2D eigenvalue weighted by Gasteiger charge is -2.32. The van der Waals surface area contributed by atoms with Crippen molar-refractivity contribution in [2.75, 3.05) is 26.2 Å². The van der Waals surface area contributed by atoms with Crippen molar-refractivity contribution in [3.05, 3.63) is 65.7 Å². The molecule has 2 N–H and O–H groups in total. The molecule has 0 atom stereocenters. The topological polar surface area (TPSA) is 87.7 Å². The number of carbonyl (C=O) groups excluding carboxylic acids is 3. The molecule has 0 radical (unpaired) electrons. The predicted molar refractivity (Wildman–Crippen MR) is 113 cm³/mol. The fourth-order valence-electron chi connectivity index (χ4n) is 3.40. The zero-order valence-electron chi connectivity index (χ0n) is 17.1. The van der Waals surface area contributed by atoms with E-state index < -0.39 is 0 Å². The maximum atomic E-state index is 12.7. The van der Waals surface area contributed by atoms with Crippen molar-refractivity contribution in [2.45, 2.75) is 25.8 Å². The van der Waals surface area contributed by atoms with Gasteiger partial charge in [-0.05, 0) is 56.2 Å². The van der Waals surface area contributed by atoms with Crippen LogP contribution >= 0.6 is 0 Å². The Kier molecular flexibility index (Phi) is 7.43. The molecule has 158 valence electrons. The van der Waals surface area contributed by atoms with Crippen molar-refractivity contribution in [2.24, 2.45) is 0 Å². The molecule has 0 aliphatic carbocycles. The lowest BCUT2D eigenvalue weighted by molar-refractivity contribution is -0.121. The van der Waals surface area contributed by atoms with E-state index in [1.54, 1.807) is 53.4 Å². The fraction of sp³-hybridized carbons (Fsp3) is 0.348. The molecule has 1 aliphatic rings. The van der Waals surface area contributed by atoms with E-state index in [4.69, 9.17) is 4.74 Å². The quantitative estimate of drug-likeness (QED) is 0.734. The molecule has 0 saturated carbocycles. The molecule has 1 heterocycles. The maximum Gasteiger partial charge on any atom is 0.253 e. The van der Waals surface area contributed by atoms with Gasteiger partial charge in [-0.25, -0.2) is 0 Å². The average Bonchev–Trinajstić information content (AvgIpc) is 2.79. The molecule has 0 spiro atoms. The summed E-state index contributed by atoms with van der Waals surface area (Å²) in [4.78, 5) is 38.6. The van der Waals surface area contributed by atoms with E-state index in [9.17, 15) is 14.4 Å². The van der Waals surface area contributed by atoms with Crippen molar-refractivity contribution in [1.82, 2.24) is 15.5 Å². The number of hydrogen-bond acceptors (Lipinski definition) is 4. The Morgan fingerprint density at radius 3 is 2.27 bits per heavy atom. The fourth-order valence-corrected chi connectivity index (χ4v) is 3.40. The minimum atomic E-state index is -0.276. The smallest absolute Gasteiger partial charge is 0.253 e. The molecule has 0 aromatic heterocycles. The monoisotopic (exact) mass is 409 g/mol. The summed E-state index contributed by atoms with van der Waals surface area (Å²) in [6.45, 7) is 3.58. The molecule has 30 heavy (non-hydrogen) atoms. The highest BCUT2D eigenvalue weighted by Crippen LogP contribution is 2.17. The number of carbonyl (C=O) groups is 3. The first-order valence-corrected chi connectivity index (χ1v) is 10.2. The Balaban J connectivity index is 1.41.